The molecule has 0 rings (SSSR count). The van der Waals surface area contributed by atoms with E-state index >= 15 is 0 Å². The Labute approximate surface area is 140 Å². The molecule has 0 aromatic heterocycles. The highest BCUT2D eigenvalue weighted by molar-refractivity contribution is 5.88. The molecule has 9 nitrogen and oxygen atoms in total. The van der Waals surface area contributed by atoms with Gasteiger partial charge in [-0.3, -0.25) is 14.4 Å². The van der Waals surface area contributed by atoms with E-state index in [2.05, 4.69) is 17.2 Å². The van der Waals surface area contributed by atoms with Gasteiger partial charge in [-0.25, -0.2) is 4.79 Å². The molecule has 2 atom stereocenters. The number of amides is 2. The summed E-state index contributed by atoms with van der Waals surface area (Å²) in [4.78, 5) is 45.4. The van der Waals surface area contributed by atoms with Gasteiger partial charge in [-0.15, -0.1) is 0 Å². The number of nitrogens with one attached hydrogen (secondary N) is 2. The normalized spacial score (nSPS) is 12.6. The lowest BCUT2D eigenvalue weighted by Gasteiger charge is -2.17. The summed E-state index contributed by atoms with van der Waals surface area (Å²) in [5, 5.41) is 13.7. The molecule has 1 unspecified atom stereocenters. The van der Waals surface area contributed by atoms with Crippen molar-refractivity contribution >= 4 is 23.8 Å². The summed E-state index contributed by atoms with van der Waals surface area (Å²) in [7, 11) is 0. The molecular weight excluding hydrogens is 318 g/mol. The van der Waals surface area contributed by atoms with Crippen molar-refractivity contribution in [1.82, 2.24) is 10.6 Å². The number of esters is 1. The maximum absolute atomic E-state index is 11.9. The predicted octanol–water partition coefficient (Wildman–Crippen LogP) is -0.691. The van der Waals surface area contributed by atoms with E-state index in [-0.39, 0.29) is 31.6 Å². The third-order valence-electron chi connectivity index (χ3n) is 3.04. The Balaban J connectivity index is 4.16. The first-order valence-electron chi connectivity index (χ1n) is 7.57. The molecule has 0 bridgehead atoms. The van der Waals surface area contributed by atoms with Crippen LogP contribution in [-0.2, 0) is 23.9 Å². The van der Waals surface area contributed by atoms with E-state index in [1.165, 1.54) is 6.92 Å². The Morgan fingerprint density at radius 3 is 2.42 bits per heavy atom. The van der Waals surface area contributed by atoms with Crippen LogP contribution in [0.25, 0.3) is 0 Å². The first-order chi connectivity index (χ1) is 11.2. The minimum Gasteiger partial charge on any atom is -0.480 e. The molecule has 0 aliphatic heterocycles. The first-order valence-corrected chi connectivity index (χ1v) is 7.57. The number of carboxylic acids is 1. The van der Waals surface area contributed by atoms with Gasteiger partial charge in [0.15, 0.2) is 0 Å². The third-order valence-corrected chi connectivity index (χ3v) is 3.04. The van der Waals surface area contributed by atoms with E-state index in [0.29, 0.717) is 6.42 Å². The summed E-state index contributed by atoms with van der Waals surface area (Å²) in [6.45, 7) is 6.76. The minimum atomic E-state index is -1.18. The number of nitrogens with two attached hydrogens (primary N) is 1. The maximum Gasteiger partial charge on any atom is 0.333 e. The van der Waals surface area contributed by atoms with Crippen LogP contribution in [0.1, 0.15) is 33.1 Å². The van der Waals surface area contributed by atoms with Gasteiger partial charge in [0.2, 0.25) is 11.8 Å². The highest BCUT2D eigenvalue weighted by atomic mass is 16.5. The van der Waals surface area contributed by atoms with Crippen LogP contribution in [0.15, 0.2) is 12.2 Å². The number of ether oxygens (including phenoxy) is 1. The van der Waals surface area contributed by atoms with Crippen LogP contribution < -0.4 is 16.4 Å². The zero-order chi connectivity index (χ0) is 18.7. The van der Waals surface area contributed by atoms with Crippen LogP contribution in [0.4, 0.5) is 0 Å². The summed E-state index contributed by atoms with van der Waals surface area (Å²) in [5.41, 5.74) is 5.57. The number of hydrogen-bond acceptors (Lipinski definition) is 6. The zero-order valence-corrected chi connectivity index (χ0v) is 14.0. The molecule has 9 heteroatoms. The quantitative estimate of drug-likeness (QED) is 0.220. The third kappa shape index (κ3) is 8.89. The van der Waals surface area contributed by atoms with Crippen LogP contribution >= 0.6 is 0 Å². The molecule has 0 aliphatic carbocycles. The molecule has 0 saturated carbocycles. The number of carbonyl (C=O) groups excluding carboxylic acids is 3. The van der Waals surface area contributed by atoms with E-state index in [1.54, 1.807) is 6.92 Å². The van der Waals surface area contributed by atoms with Gasteiger partial charge in [-0.1, -0.05) is 13.5 Å². The molecule has 0 aromatic rings. The lowest BCUT2D eigenvalue weighted by atomic mass is 10.1. The molecule has 0 spiro atoms. The number of hydrogen-bond donors (Lipinski definition) is 4. The number of rotatable bonds is 11. The number of carbonyl (C=O) groups is 4. The highest BCUT2D eigenvalue weighted by Gasteiger charge is 2.20. The van der Waals surface area contributed by atoms with Gasteiger partial charge in [0.05, 0.1) is 6.54 Å². The molecule has 0 radical (unpaired) electrons. The summed E-state index contributed by atoms with van der Waals surface area (Å²) in [5.74, 6) is -2.60. The highest BCUT2D eigenvalue weighted by Crippen LogP contribution is 1.98. The van der Waals surface area contributed by atoms with Gasteiger partial charge >= 0.3 is 11.9 Å². The molecule has 0 fully saturated rings. The molecule has 5 N–H and O–H groups in total. The Kier molecular flexibility index (Phi) is 10.0. The van der Waals surface area contributed by atoms with Crippen molar-refractivity contribution in [3.05, 3.63) is 12.2 Å². The molecular formula is C15H25N3O6. The van der Waals surface area contributed by atoms with Crippen molar-refractivity contribution in [2.45, 2.75) is 45.2 Å². The van der Waals surface area contributed by atoms with Crippen molar-refractivity contribution in [2.75, 3.05) is 13.2 Å². The smallest absolute Gasteiger partial charge is 0.333 e. The van der Waals surface area contributed by atoms with Crippen molar-refractivity contribution < 1.29 is 29.0 Å². The average molecular weight is 343 g/mol. The van der Waals surface area contributed by atoms with Crippen LogP contribution in [0.2, 0.25) is 0 Å². The molecule has 24 heavy (non-hydrogen) atoms. The molecule has 0 saturated heterocycles. The first kappa shape index (κ1) is 21.6. The maximum atomic E-state index is 11.9. The number of carboxylic acid groups (broad SMARTS) is 1. The van der Waals surface area contributed by atoms with E-state index in [0.717, 1.165) is 0 Å². The fraction of sp³-hybridized carbons (Fsp3) is 0.600. The van der Waals surface area contributed by atoms with E-state index in [4.69, 9.17) is 15.6 Å². The Morgan fingerprint density at radius 1 is 1.29 bits per heavy atom. The Hall–Kier alpha value is -2.42. The van der Waals surface area contributed by atoms with Gasteiger partial charge in [-0.2, -0.15) is 0 Å². The fourth-order valence-electron chi connectivity index (χ4n) is 1.59. The Bertz CT molecular complexity index is 492. The second-order valence-electron chi connectivity index (χ2n) is 5.22. The van der Waals surface area contributed by atoms with Crippen molar-refractivity contribution in [2.24, 2.45) is 5.73 Å². The Morgan fingerprint density at radius 2 is 1.92 bits per heavy atom. The summed E-state index contributed by atoms with van der Waals surface area (Å²) >= 11 is 0. The van der Waals surface area contributed by atoms with Gasteiger partial charge < -0.3 is 26.2 Å². The topological polar surface area (TPSA) is 148 Å². The van der Waals surface area contributed by atoms with Crippen LogP contribution in [-0.4, -0.2) is 54.1 Å². The van der Waals surface area contributed by atoms with Gasteiger partial charge in [0.25, 0.3) is 0 Å². The van der Waals surface area contributed by atoms with Crippen LogP contribution in [0.5, 0.6) is 0 Å². The summed E-state index contributed by atoms with van der Waals surface area (Å²) < 4.78 is 4.83. The van der Waals surface area contributed by atoms with E-state index < -0.39 is 35.8 Å². The second kappa shape index (κ2) is 11.2. The van der Waals surface area contributed by atoms with Crippen LogP contribution in [0.3, 0.4) is 0 Å². The molecule has 0 heterocycles. The van der Waals surface area contributed by atoms with Crippen LogP contribution in [0, 0.1) is 0 Å². The van der Waals surface area contributed by atoms with Crippen molar-refractivity contribution in [3.8, 4) is 0 Å². The largest absolute Gasteiger partial charge is 0.480 e. The molecule has 0 aromatic carbocycles. The average Bonchev–Trinajstić information content (AvgIpc) is 2.53. The van der Waals surface area contributed by atoms with Gasteiger partial charge in [0, 0.05) is 12.0 Å². The molecule has 0 aliphatic rings. The fourth-order valence-corrected chi connectivity index (χ4v) is 1.59. The summed E-state index contributed by atoms with van der Waals surface area (Å²) in [6.07, 6.45) is 0.248. The molecule has 2 amide bonds. The summed E-state index contributed by atoms with van der Waals surface area (Å²) in [6, 6.07) is -1.87. The predicted molar refractivity (Wildman–Crippen MR) is 85.8 cm³/mol. The number of aliphatic carboxylic acids is 1. The van der Waals surface area contributed by atoms with E-state index in [9.17, 15) is 19.2 Å². The van der Waals surface area contributed by atoms with Crippen molar-refractivity contribution in [1.29, 1.82) is 0 Å². The van der Waals surface area contributed by atoms with Gasteiger partial charge in [-0.05, 0) is 19.8 Å². The zero-order valence-electron chi connectivity index (χ0n) is 14.0. The SMILES string of the molecule is C=C(C)C(=O)OCCNC(=O)[C@@H](CC)NC(=O)CCC(N)C(=O)O. The van der Waals surface area contributed by atoms with Gasteiger partial charge in [0.1, 0.15) is 18.7 Å². The van der Waals surface area contributed by atoms with Crippen molar-refractivity contribution in [3.63, 3.8) is 0 Å². The standard InChI is InChI=1S/C15H25N3O6/c1-4-11(18-12(19)6-5-10(16)14(21)22)13(20)17-7-8-24-15(23)9(2)3/h10-11H,2,4-8,16H2,1,3H3,(H,17,20)(H,18,19)(H,21,22)/t10?,11-/m1/s1. The van der Waals surface area contributed by atoms with E-state index in [1.807, 2.05) is 0 Å². The monoisotopic (exact) mass is 343 g/mol. The molecule has 136 valence electrons. The lowest BCUT2D eigenvalue weighted by molar-refractivity contribution is -0.139. The minimum absolute atomic E-state index is 0.00468. The lowest BCUT2D eigenvalue weighted by Crippen LogP contribution is -2.47. The second-order valence-corrected chi connectivity index (χ2v) is 5.22.